The summed E-state index contributed by atoms with van der Waals surface area (Å²) in [5.74, 6) is 0.393. The first kappa shape index (κ1) is 13.8. The van der Waals surface area contributed by atoms with Crippen molar-refractivity contribution in [2.45, 2.75) is 32.6 Å². The van der Waals surface area contributed by atoms with Crippen LogP contribution in [0.5, 0.6) is 5.75 Å². The molecule has 0 bridgehead atoms. The highest BCUT2D eigenvalue weighted by Crippen LogP contribution is 2.35. The molecule has 2 rings (SSSR count). The van der Waals surface area contributed by atoms with Crippen LogP contribution in [-0.4, -0.2) is 17.5 Å². The number of fused-ring (bicyclic) bond motifs is 1. The number of rotatable bonds is 5. The van der Waals surface area contributed by atoms with Gasteiger partial charge in [-0.2, -0.15) is 0 Å². The van der Waals surface area contributed by atoms with Gasteiger partial charge in [-0.1, -0.05) is 13.0 Å². The Hall–Kier alpha value is -1.62. The number of primary amides is 1. The number of carbonyl (C=O) groups excluding carboxylic acids is 1. The first-order valence-electron chi connectivity index (χ1n) is 6.29. The highest BCUT2D eigenvalue weighted by atomic mass is 32.1. The average molecular weight is 278 g/mol. The SMILES string of the molecule is CCCOc1cccc2sc(C(C)(C)C(N)=O)nc12. The van der Waals surface area contributed by atoms with E-state index >= 15 is 0 Å². The van der Waals surface area contributed by atoms with Crippen molar-refractivity contribution >= 4 is 27.5 Å². The Morgan fingerprint density at radius 2 is 2.21 bits per heavy atom. The molecule has 102 valence electrons. The number of hydrogen-bond acceptors (Lipinski definition) is 4. The van der Waals surface area contributed by atoms with Crippen LogP contribution >= 0.6 is 11.3 Å². The molecular formula is C14H18N2O2S. The number of nitrogens with two attached hydrogens (primary N) is 1. The zero-order valence-electron chi connectivity index (χ0n) is 11.4. The maximum Gasteiger partial charge on any atom is 0.229 e. The number of hydrogen-bond donors (Lipinski definition) is 1. The number of thiazole rings is 1. The third-order valence-corrected chi connectivity index (χ3v) is 4.34. The first-order valence-corrected chi connectivity index (χ1v) is 7.11. The molecule has 1 amide bonds. The molecule has 2 aromatic rings. The molecule has 1 aromatic carbocycles. The first-order chi connectivity index (χ1) is 8.96. The number of para-hydroxylation sites is 1. The molecule has 4 nitrogen and oxygen atoms in total. The van der Waals surface area contributed by atoms with Crippen molar-refractivity contribution in [1.29, 1.82) is 0 Å². The molecule has 0 aliphatic carbocycles. The number of carbonyl (C=O) groups is 1. The standard InChI is InChI=1S/C14H18N2O2S/c1-4-8-18-9-6-5-7-10-11(9)16-13(19-10)14(2,3)12(15)17/h5-7H,4,8H2,1-3H3,(H2,15,17). The number of benzene rings is 1. The van der Waals surface area contributed by atoms with Gasteiger partial charge in [0.15, 0.2) is 0 Å². The maximum atomic E-state index is 11.5. The van der Waals surface area contributed by atoms with Gasteiger partial charge in [-0.15, -0.1) is 11.3 Å². The quantitative estimate of drug-likeness (QED) is 0.914. The lowest BCUT2D eigenvalue weighted by atomic mass is 9.94. The molecule has 0 atom stereocenters. The Morgan fingerprint density at radius 1 is 1.47 bits per heavy atom. The van der Waals surface area contributed by atoms with Crippen molar-refractivity contribution in [3.8, 4) is 5.75 Å². The van der Waals surface area contributed by atoms with E-state index in [1.165, 1.54) is 11.3 Å². The largest absolute Gasteiger partial charge is 0.491 e. The van der Waals surface area contributed by atoms with E-state index in [1.54, 1.807) is 13.8 Å². The summed E-state index contributed by atoms with van der Waals surface area (Å²) in [4.78, 5) is 16.1. The van der Waals surface area contributed by atoms with E-state index in [2.05, 4.69) is 11.9 Å². The lowest BCUT2D eigenvalue weighted by molar-refractivity contribution is -0.122. The molecule has 2 N–H and O–H groups in total. The van der Waals surface area contributed by atoms with Crippen LogP contribution in [0.1, 0.15) is 32.2 Å². The van der Waals surface area contributed by atoms with Gasteiger partial charge in [0.05, 0.1) is 16.7 Å². The monoisotopic (exact) mass is 278 g/mol. The van der Waals surface area contributed by atoms with Crippen molar-refractivity contribution < 1.29 is 9.53 Å². The summed E-state index contributed by atoms with van der Waals surface area (Å²) in [6.45, 7) is 6.30. The lowest BCUT2D eigenvalue weighted by Crippen LogP contribution is -2.35. The summed E-state index contributed by atoms with van der Waals surface area (Å²) in [7, 11) is 0. The molecule has 1 heterocycles. The minimum absolute atomic E-state index is 0.373. The lowest BCUT2D eigenvalue weighted by Gasteiger charge is -2.16. The summed E-state index contributed by atoms with van der Waals surface area (Å²) in [6.07, 6.45) is 0.945. The van der Waals surface area contributed by atoms with E-state index in [4.69, 9.17) is 10.5 Å². The van der Waals surface area contributed by atoms with Crippen LogP contribution in [0.4, 0.5) is 0 Å². The molecule has 0 fully saturated rings. The smallest absolute Gasteiger partial charge is 0.229 e. The van der Waals surface area contributed by atoms with Gasteiger partial charge < -0.3 is 10.5 Å². The van der Waals surface area contributed by atoms with E-state index in [9.17, 15) is 4.79 Å². The van der Waals surface area contributed by atoms with Gasteiger partial charge in [0.1, 0.15) is 16.3 Å². The highest BCUT2D eigenvalue weighted by molar-refractivity contribution is 7.18. The average Bonchev–Trinajstić information content (AvgIpc) is 2.81. The molecule has 0 spiro atoms. The molecule has 19 heavy (non-hydrogen) atoms. The number of ether oxygens (including phenoxy) is 1. The number of aromatic nitrogens is 1. The number of amides is 1. The summed E-state index contributed by atoms with van der Waals surface area (Å²) in [5.41, 5.74) is 5.49. The molecule has 1 aromatic heterocycles. The zero-order chi connectivity index (χ0) is 14.0. The minimum atomic E-state index is -0.758. The Kier molecular flexibility index (Phi) is 3.75. The predicted octanol–water partition coefficient (Wildman–Crippen LogP) is 2.85. The Bertz CT molecular complexity index is 605. The third kappa shape index (κ3) is 2.56. The molecular weight excluding hydrogens is 260 g/mol. The normalized spacial score (nSPS) is 11.7. The maximum absolute atomic E-state index is 11.5. The fourth-order valence-corrected chi connectivity index (χ4v) is 2.71. The van der Waals surface area contributed by atoms with Gasteiger partial charge in [-0.3, -0.25) is 4.79 Å². The summed E-state index contributed by atoms with van der Waals surface area (Å²) < 4.78 is 6.69. The van der Waals surface area contributed by atoms with Crippen LogP contribution in [0.2, 0.25) is 0 Å². The topological polar surface area (TPSA) is 65.2 Å². The van der Waals surface area contributed by atoms with Crippen molar-refractivity contribution in [2.75, 3.05) is 6.61 Å². The van der Waals surface area contributed by atoms with Gasteiger partial charge >= 0.3 is 0 Å². The second-order valence-corrected chi connectivity index (χ2v) is 5.99. The van der Waals surface area contributed by atoms with Crippen LogP contribution in [0, 0.1) is 0 Å². The Labute approximate surface area is 116 Å². The second kappa shape index (κ2) is 5.17. The van der Waals surface area contributed by atoms with Gasteiger partial charge in [-0.25, -0.2) is 4.98 Å². The third-order valence-electron chi connectivity index (χ3n) is 2.99. The Morgan fingerprint density at radius 3 is 2.84 bits per heavy atom. The van der Waals surface area contributed by atoms with E-state index in [-0.39, 0.29) is 5.91 Å². The van der Waals surface area contributed by atoms with Crippen LogP contribution < -0.4 is 10.5 Å². The van der Waals surface area contributed by atoms with E-state index in [0.29, 0.717) is 6.61 Å². The molecule has 0 aliphatic heterocycles. The number of nitrogens with zero attached hydrogens (tertiary/aromatic N) is 1. The van der Waals surface area contributed by atoms with Crippen LogP contribution in [0.3, 0.4) is 0 Å². The minimum Gasteiger partial charge on any atom is -0.491 e. The van der Waals surface area contributed by atoms with E-state index < -0.39 is 5.41 Å². The van der Waals surface area contributed by atoms with Crippen molar-refractivity contribution in [3.05, 3.63) is 23.2 Å². The van der Waals surface area contributed by atoms with E-state index in [0.717, 1.165) is 27.4 Å². The van der Waals surface area contributed by atoms with Gasteiger partial charge in [0.25, 0.3) is 0 Å². The van der Waals surface area contributed by atoms with Crippen LogP contribution in [-0.2, 0) is 10.2 Å². The van der Waals surface area contributed by atoms with Crippen molar-refractivity contribution in [2.24, 2.45) is 5.73 Å². The summed E-state index contributed by atoms with van der Waals surface area (Å²) >= 11 is 1.49. The molecule has 0 radical (unpaired) electrons. The fraction of sp³-hybridized carbons (Fsp3) is 0.429. The molecule has 0 unspecified atom stereocenters. The van der Waals surface area contributed by atoms with Gasteiger partial charge in [-0.05, 0) is 32.4 Å². The van der Waals surface area contributed by atoms with Crippen molar-refractivity contribution in [3.63, 3.8) is 0 Å². The van der Waals surface area contributed by atoms with Crippen LogP contribution in [0.15, 0.2) is 18.2 Å². The van der Waals surface area contributed by atoms with Crippen molar-refractivity contribution in [1.82, 2.24) is 4.98 Å². The van der Waals surface area contributed by atoms with Gasteiger partial charge in [0, 0.05) is 0 Å². The summed E-state index contributed by atoms with van der Waals surface area (Å²) in [5, 5.41) is 0.725. The van der Waals surface area contributed by atoms with Gasteiger partial charge in [0.2, 0.25) is 5.91 Å². The molecule has 0 saturated carbocycles. The molecule has 0 aliphatic rings. The predicted molar refractivity (Wildman–Crippen MR) is 77.6 cm³/mol. The van der Waals surface area contributed by atoms with Crippen LogP contribution in [0.25, 0.3) is 10.2 Å². The molecule has 5 heteroatoms. The molecule has 0 saturated heterocycles. The fourth-order valence-electron chi connectivity index (χ4n) is 1.62. The summed E-state index contributed by atoms with van der Waals surface area (Å²) in [6, 6.07) is 5.82. The Balaban J connectivity index is 2.48. The highest BCUT2D eigenvalue weighted by Gasteiger charge is 2.31. The second-order valence-electron chi connectivity index (χ2n) is 4.96. The zero-order valence-corrected chi connectivity index (χ0v) is 12.2. The van der Waals surface area contributed by atoms with E-state index in [1.807, 2.05) is 18.2 Å².